The van der Waals surface area contributed by atoms with Gasteiger partial charge < -0.3 is 10.3 Å². The van der Waals surface area contributed by atoms with Gasteiger partial charge in [0.05, 0.1) is 17.1 Å². The predicted octanol–water partition coefficient (Wildman–Crippen LogP) is 2.75. The first-order chi connectivity index (χ1) is 7.13. The Balaban J connectivity index is 2.63. The highest BCUT2D eigenvalue weighted by atomic mass is 79.9. The minimum absolute atomic E-state index is 0.0150. The monoisotopic (exact) mass is 267 g/mol. The van der Waals surface area contributed by atoms with Crippen LogP contribution in [0.3, 0.4) is 0 Å². The van der Waals surface area contributed by atoms with Gasteiger partial charge in [-0.2, -0.15) is 0 Å². The molecule has 0 fully saturated rings. The number of imidazole rings is 1. The summed E-state index contributed by atoms with van der Waals surface area (Å²) in [5.74, 6) is 0.950. The molecule has 1 aromatic heterocycles. The second kappa shape index (κ2) is 3.94. The molecule has 2 N–H and O–H groups in total. The Morgan fingerprint density at radius 3 is 2.93 bits per heavy atom. The van der Waals surface area contributed by atoms with E-state index in [9.17, 15) is 0 Å². The molecule has 1 unspecified atom stereocenters. The number of rotatable bonds is 2. The molecule has 1 atom stereocenters. The molecule has 1 aromatic carbocycles. The molecule has 0 spiro atoms. The van der Waals surface area contributed by atoms with Crippen LogP contribution in [0, 0.1) is 0 Å². The van der Waals surface area contributed by atoms with E-state index in [2.05, 4.69) is 38.5 Å². The van der Waals surface area contributed by atoms with E-state index in [0.29, 0.717) is 0 Å². The summed E-state index contributed by atoms with van der Waals surface area (Å²) in [4.78, 5) is 4.55. The minimum atomic E-state index is 0.0150. The van der Waals surface area contributed by atoms with Gasteiger partial charge in [-0.15, -0.1) is 0 Å². The highest BCUT2D eigenvalue weighted by Crippen LogP contribution is 2.22. The molecule has 2 aromatic rings. The van der Waals surface area contributed by atoms with Crippen LogP contribution in [0.1, 0.15) is 25.2 Å². The number of hydrogen-bond donors (Lipinski definition) is 1. The lowest BCUT2D eigenvalue weighted by molar-refractivity contribution is 0.623. The van der Waals surface area contributed by atoms with Crippen molar-refractivity contribution in [3.63, 3.8) is 0 Å². The van der Waals surface area contributed by atoms with Gasteiger partial charge in [-0.25, -0.2) is 4.98 Å². The average molecular weight is 268 g/mol. The summed E-state index contributed by atoms with van der Waals surface area (Å²) in [6.45, 7) is 2.07. The molecule has 15 heavy (non-hydrogen) atoms. The van der Waals surface area contributed by atoms with Crippen LogP contribution in [0.25, 0.3) is 11.0 Å². The Morgan fingerprint density at radius 1 is 1.53 bits per heavy atom. The van der Waals surface area contributed by atoms with Gasteiger partial charge in [-0.1, -0.05) is 22.9 Å². The molecule has 0 bridgehead atoms. The molecular weight excluding hydrogens is 254 g/mol. The molecule has 3 nitrogen and oxygen atoms in total. The Labute approximate surface area is 97.4 Å². The van der Waals surface area contributed by atoms with Crippen LogP contribution in [0.2, 0.25) is 0 Å². The number of aryl methyl sites for hydroxylation is 1. The molecule has 0 radical (unpaired) electrons. The largest absolute Gasteiger partial charge is 0.330 e. The van der Waals surface area contributed by atoms with Gasteiger partial charge in [0.2, 0.25) is 0 Å². The molecule has 4 heteroatoms. The van der Waals surface area contributed by atoms with Gasteiger partial charge in [0, 0.05) is 11.5 Å². The zero-order valence-electron chi connectivity index (χ0n) is 8.87. The zero-order chi connectivity index (χ0) is 11.0. The van der Waals surface area contributed by atoms with Gasteiger partial charge in [0.1, 0.15) is 5.82 Å². The maximum Gasteiger partial charge on any atom is 0.126 e. The number of fused-ring (bicyclic) bond motifs is 1. The van der Waals surface area contributed by atoms with E-state index in [0.717, 1.165) is 27.8 Å². The number of benzene rings is 1. The molecule has 0 aliphatic carbocycles. The normalized spacial score (nSPS) is 13.3. The van der Waals surface area contributed by atoms with E-state index in [4.69, 9.17) is 5.73 Å². The fourth-order valence-corrected chi connectivity index (χ4v) is 2.05. The third-order valence-electron chi connectivity index (χ3n) is 2.65. The fraction of sp³-hybridized carbons (Fsp3) is 0.364. The van der Waals surface area contributed by atoms with Gasteiger partial charge >= 0.3 is 0 Å². The first-order valence-electron chi connectivity index (χ1n) is 5.01. The smallest absolute Gasteiger partial charge is 0.126 e. The summed E-state index contributed by atoms with van der Waals surface area (Å²) in [5, 5.41) is 0. The molecule has 2 rings (SSSR count). The lowest BCUT2D eigenvalue weighted by Crippen LogP contribution is -2.13. The Hall–Kier alpha value is -0.870. The summed E-state index contributed by atoms with van der Waals surface area (Å²) >= 11 is 3.44. The van der Waals surface area contributed by atoms with Crippen molar-refractivity contribution in [2.45, 2.75) is 19.4 Å². The van der Waals surface area contributed by atoms with Crippen LogP contribution >= 0.6 is 15.9 Å². The predicted molar refractivity (Wildman–Crippen MR) is 65.6 cm³/mol. The van der Waals surface area contributed by atoms with Crippen molar-refractivity contribution >= 4 is 27.0 Å². The van der Waals surface area contributed by atoms with Crippen LogP contribution in [0.5, 0.6) is 0 Å². The van der Waals surface area contributed by atoms with Gasteiger partial charge in [-0.05, 0) is 24.6 Å². The van der Waals surface area contributed by atoms with Crippen LogP contribution in [0.4, 0.5) is 0 Å². The topological polar surface area (TPSA) is 43.8 Å². The summed E-state index contributed by atoms with van der Waals surface area (Å²) < 4.78 is 3.11. The quantitative estimate of drug-likeness (QED) is 0.910. The fourth-order valence-electron chi connectivity index (χ4n) is 1.71. The van der Waals surface area contributed by atoms with Crippen molar-refractivity contribution in [3.8, 4) is 0 Å². The van der Waals surface area contributed by atoms with E-state index in [-0.39, 0.29) is 6.04 Å². The molecule has 80 valence electrons. The van der Waals surface area contributed by atoms with Crippen LogP contribution in [-0.4, -0.2) is 9.55 Å². The van der Waals surface area contributed by atoms with Crippen molar-refractivity contribution in [1.82, 2.24) is 9.55 Å². The van der Waals surface area contributed by atoms with Crippen LogP contribution < -0.4 is 5.73 Å². The second-order valence-corrected chi connectivity index (χ2v) is 4.59. The summed E-state index contributed by atoms with van der Waals surface area (Å²) in [6.07, 6.45) is 0.901. The standard InChI is InChI=1S/C11H14BrN3/c1-3-8(13)11-14-9-6-7(12)4-5-10(9)15(11)2/h4-6,8H,3,13H2,1-2H3. The number of nitrogens with two attached hydrogens (primary N) is 1. The van der Waals surface area contributed by atoms with Crippen LogP contribution in [0.15, 0.2) is 22.7 Å². The van der Waals surface area contributed by atoms with Crippen LogP contribution in [-0.2, 0) is 7.05 Å². The minimum Gasteiger partial charge on any atom is -0.330 e. The third kappa shape index (κ3) is 1.79. The molecule has 0 saturated carbocycles. The number of hydrogen-bond acceptors (Lipinski definition) is 2. The highest BCUT2D eigenvalue weighted by molar-refractivity contribution is 9.10. The highest BCUT2D eigenvalue weighted by Gasteiger charge is 2.12. The number of halogens is 1. The van der Waals surface area contributed by atoms with Crippen molar-refractivity contribution in [2.75, 3.05) is 0 Å². The number of nitrogens with zero attached hydrogens (tertiary/aromatic N) is 2. The Morgan fingerprint density at radius 2 is 2.27 bits per heavy atom. The summed E-state index contributed by atoms with van der Waals surface area (Å²) in [6, 6.07) is 6.10. The maximum absolute atomic E-state index is 6.00. The lowest BCUT2D eigenvalue weighted by atomic mass is 10.2. The lowest BCUT2D eigenvalue weighted by Gasteiger charge is -2.07. The SMILES string of the molecule is CCC(N)c1nc2cc(Br)ccc2n1C. The second-order valence-electron chi connectivity index (χ2n) is 3.68. The first-order valence-corrected chi connectivity index (χ1v) is 5.80. The van der Waals surface area contributed by atoms with Crippen molar-refractivity contribution in [2.24, 2.45) is 12.8 Å². The maximum atomic E-state index is 6.00. The third-order valence-corrected chi connectivity index (χ3v) is 3.14. The van der Waals surface area contributed by atoms with Crippen molar-refractivity contribution in [1.29, 1.82) is 0 Å². The van der Waals surface area contributed by atoms with Gasteiger partial charge in [0.15, 0.2) is 0 Å². The van der Waals surface area contributed by atoms with E-state index >= 15 is 0 Å². The average Bonchev–Trinajstić information content (AvgIpc) is 2.54. The van der Waals surface area contributed by atoms with E-state index in [1.165, 1.54) is 0 Å². The van der Waals surface area contributed by atoms with Crippen molar-refractivity contribution in [3.05, 3.63) is 28.5 Å². The van der Waals surface area contributed by atoms with Crippen molar-refractivity contribution < 1.29 is 0 Å². The first kappa shape index (κ1) is 10.6. The molecule has 0 saturated heterocycles. The molecule has 0 aliphatic heterocycles. The number of aromatic nitrogens is 2. The molecule has 0 amide bonds. The molecule has 0 aliphatic rings. The summed E-state index contributed by atoms with van der Waals surface area (Å²) in [5.41, 5.74) is 8.12. The Bertz CT molecular complexity index is 490. The van der Waals surface area contributed by atoms with Gasteiger partial charge in [-0.3, -0.25) is 0 Å². The van der Waals surface area contributed by atoms with E-state index in [1.54, 1.807) is 0 Å². The molecule has 1 heterocycles. The van der Waals surface area contributed by atoms with E-state index in [1.807, 2.05) is 19.2 Å². The summed E-state index contributed by atoms with van der Waals surface area (Å²) in [7, 11) is 2.01. The van der Waals surface area contributed by atoms with Gasteiger partial charge in [0.25, 0.3) is 0 Å². The Kier molecular flexibility index (Phi) is 2.80. The zero-order valence-corrected chi connectivity index (χ0v) is 10.5. The molecular formula is C11H14BrN3. The van der Waals surface area contributed by atoms with E-state index < -0.39 is 0 Å².